The molecule has 0 aliphatic heterocycles. The summed E-state index contributed by atoms with van der Waals surface area (Å²) in [5.74, 6) is -1.34. The van der Waals surface area contributed by atoms with Crippen LogP contribution in [0.2, 0.25) is 0 Å². The average molecular weight is 365 g/mol. The summed E-state index contributed by atoms with van der Waals surface area (Å²) in [4.78, 5) is 24.2. The number of carboxylic acids is 1. The van der Waals surface area contributed by atoms with E-state index in [-0.39, 0.29) is 28.6 Å². The molecule has 0 atom stereocenters. The Kier molecular flexibility index (Phi) is 5.29. The monoisotopic (exact) mass is 365 g/mol. The lowest BCUT2D eigenvalue weighted by molar-refractivity contribution is 0.0696. The third-order valence-electron chi connectivity index (χ3n) is 3.58. The second-order valence-electron chi connectivity index (χ2n) is 5.70. The van der Waals surface area contributed by atoms with Gasteiger partial charge in [0.1, 0.15) is 10.6 Å². The molecule has 0 saturated carbocycles. The van der Waals surface area contributed by atoms with Crippen molar-refractivity contribution in [1.82, 2.24) is 14.2 Å². The van der Waals surface area contributed by atoms with E-state index in [0.717, 1.165) is 0 Å². The number of aryl methyl sites for hydroxylation is 1. The smallest absolute Gasteiger partial charge is 0.335 e. The molecule has 0 fully saturated rings. The minimum absolute atomic E-state index is 0.00802. The van der Waals surface area contributed by atoms with E-state index in [4.69, 9.17) is 5.11 Å². The van der Waals surface area contributed by atoms with E-state index in [9.17, 15) is 18.0 Å². The Labute approximate surface area is 145 Å². The number of carbonyl (C=O) groups is 2. The van der Waals surface area contributed by atoms with Crippen LogP contribution in [0.4, 0.5) is 0 Å². The van der Waals surface area contributed by atoms with Crippen molar-refractivity contribution >= 4 is 21.9 Å². The largest absolute Gasteiger partial charge is 0.478 e. The molecular weight excluding hydrogens is 346 g/mol. The Bertz CT molecular complexity index is 898. The summed E-state index contributed by atoms with van der Waals surface area (Å²) in [7, 11) is 0.966. The van der Waals surface area contributed by atoms with E-state index in [1.165, 1.54) is 46.0 Å². The molecule has 134 valence electrons. The van der Waals surface area contributed by atoms with Crippen molar-refractivity contribution in [3.05, 3.63) is 53.3 Å². The van der Waals surface area contributed by atoms with E-state index in [0.29, 0.717) is 5.56 Å². The molecule has 0 aliphatic carbocycles. The van der Waals surface area contributed by atoms with Gasteiger partial charge >= 0.3 is 5.97 Å². The average Bonchev–Trinajstić information content (AvgIpc) is 2.95. The highest BCUT2D eigenvalue weighted by Crippen LogP contribution is 2.15. The van der Waals surface area contributed by atoms with Gasteiger partial charge < -0.3 is 14.6 Å². The van der Waals surface area contributed by atoms with E-state index in [1.807, 2.05) is 0 Å². The molecule has 2 rings (SSSR count). The van der Waals surface area contributed by atoms with Crippen LogP contribution in [0.3, 0.4) is 0 Å². The summed E-state index contributed by atoms with van der Waals surface area (Å²) >= 11 is 0. The Morgan fingerprint density at radius 3 is 2.32 bits per heavy atom. The summed E-state index contributed by atoms with van der Waals surface area (Å²) in [5.41, 5.74) is 1.01. The van der Waals surface area contributed by atoms with Gasteiger partial charge in [0.25, 0.3) is 5.91 Å². The van der Waals surface area contributed by atoms with Crippen LogP contribution in [-0.2, 0) is 23.6 Å². The van der Waals surface area contributed by atoms with Crippen molar-refractivity contribution in [3.63, 3.8) is 0 Å². The standard InChI is InChI=1S/C16H19N3O5S/c1-18(2)15(20)14-8-13(10-19(14)3)25(23,24)17-9-11-4-6-12(7-5-11)16(21)22/h4-8,10,17H,9H2,1-3H3,(H,21,22). The SMILES string of the molecule is CN(C)C(=O)c1cc(S(=O)(=O)NCc2ccc(C(=O)O)cc2)cn1C. The number of aromatic nitrogens is 1. The normalized spacial score (nSPS) is 11.3. The number of hydrogen-bond donors (Lipinski definition) is 2. The zero-order chi connectivity index (χ0) is 18.8. The summed E-state index contributed by atoms with van der Waals surface area (Å²) in [6, 6.07) is 7.21. The van der Waals surface area contributed by atoms with Crippen molar-refractivity contribution in [2.45, 2.75) is 11.4 Å². The Balaban J connectivity index is 2.15. The van der Waals surface area contributed by atoms with Crippen LogP contribution in [-0.4, -0.2) is 49.0 Å². The topological polar surface area (TPSA) is 109 Å². The lowest BCUT2D eigenvalue weighted by Gasteiger charge is -2.09. The van der Waals surface area contributed by atoms with Gasteiger partial charge in [0.15, 0.2) is 0 Å². The molecule has 0 aliphatic rings. The zero-order valence-corrected chi connectivity index (χ0v) is 14.9. The lowest BCUT2D eigenvalue weighted by Crippen LogP contribution is -2.24. The maximum absolute atomic E-state index is 12.4. The van der Waals surface area contributed by atoms with Gasteiger partial charge in [-0.25, -0.2) is 17.9 Å². The number of hydrogen-bond acceptors (Lipinski definition) is 4. The van der Waals surface area contributed by atoms with Crippen molar-refractivity contribution in [1.29, 1.82) is 0 Å². The Hall–Kier alpha value is -2.65. The van der Waals surface area contributed by atoms with Crippen molar-refractivity contribution in [2.24, 2.45) is 7.05 Å². The highest BCUT2D eigenvalue weighted by molar-refractivity contribution is 7.89. The van der Waals surface area contributed by atoms with Crippen molar-refractivity contribution < 1.29 is 23.1 Å². The van der Waals surface area contributed by atoms with E-state index < -0.39 is 16.0 Å². The Morgan fingerprint density at radius 2 is 1.80 bits per heavy atom. The van der Waals surface area contributed by atoms with Crippen LogP contribution in [0.5, 0.6) is 0 Å². The third-order valence-corrected chi connectivity index (χ3v) is 4.95. The van der Waals surface area contributed by atoms with Gasteiger partial charge in [-0.05, 0) is 23.8 Å². The number of sulfonamides is 1. The number of rotatable bonds is 6. The molecular formula is C16H19N3O5S. The molecule has 9 heteroatoms. The number of nitrogens with one attached hydrogen (secondary N) is 1. The zero-order valence-electron chi connectivity index (χ0n) is 14.1. The van der Waals surface area contributed by atoms with Crippen LogP contribution in [0.1, 0.15) is 26.4 Å². The fourth-order valence-corrected chi connectivity index (χ4v) is 3.24. The summed E-state index contributed by atoms with van der Waals surface area (Å²) < 4.78 is 28.7. The number of carbonyl (C=O) groups excluding carboxylic acids is 1. The Morgan fingerprint density at radius 1 is 1.20 bits per heavy atom. The molecule has 1 amide bonds. The van der Waals surface area contributed by atoms with Crippen molar-refractivity contribution in [2.75, 3.05) is 14.1 Å². The first-order valence-electron chi connectivity index (χ1n) is 7.31. The van der Waals surface area contributed by atoms with E-state index >= 15 is 0 Å². The first-order chi connectivity index (χ1) is 11.6. The first-order valence-corrected chi connectivity index (χ1v) is 8.80. The van der Waals surface area contributed by atoms with E-state index in [2.05, 4.69) is 4.72 Å². The summed E-state index contributed by atoms with van der Waals surface area (Å²) in [5, 5.41) is 8.85. The minimum atomic E-state index is -3.80. The summed E-state index contributed by atoms with van der Waals surface area (Å²) in [6.45, 7) is 0.00802. The number of aromatic carboxylic acids is 1. The fraction of sp³-hybridized carbons (Fsp3) is 0.250. The minimum Gasteiger partial charge on any atom is -0.478 e. The van der Waals surface area contributed by atoms with Gasteiger partial charge in [-0.2, -0.15) is 0 Å². The molecule has 0 radical (unpaired) electrons. The maximum Gasteiger partial charge on any atom is 0.335 e. The van der Waals surface area contributed by atoms with Gasteiger partial charge in [0.05, 0.1) is 5.56 Å². The number of benzene rings is 1. The fourth-order valence-electron chi connectivity index (χ4n) is 2.15. The molecule has 2 aromatic rings. The van der Waals surface area contributed by atoms with Crippen LogP contribution in [0.25, 0.3) is 0 Å². The molecule has 1 aromatic carbocycles. The third kappa shape index (κ3) is 4.25. The lowest BCUT2D eigenvalue weighted by atomic mass is 10.1. The molecule has 1 aromatic heterocycles. The number of carboxylic acid groups (broad SMARTS) is 1. The highest BCUT2D eigenvalue weighted by atomic mass is 32.2. The van der Waals surface area contributed by atoms with E-state index in [1.54, 1.807) is 21.1 Å². The van der Waals surface area contributed by atoms with Crippen LogP contribution in [0, 0.1) is 0 Å². The number of amides is 1. The van der Waals surface area contributed by atoms with Crippen LogP contribution in [0.15, 0.2) is 41.4 Å². The van der Waals surface area contributed by atoms with Crippen LogP contribution < -0.4 is 4.72 Å². The number of nitrogens with zero attached hydrogens (tertiary/aromatic N) is 2. The van der Waals surface area contributed by atoms with Gasteiger partial charge in [0.2, 0.25) is 10.0 Å². The second kappa shape index (κ2) is 7.08. The molecule has 2 N–H and O–H groups in total. The molecule has 0 saturated heterocycles. The first kappa shape index (κ1) is 18.7. The highest BCUT2D eigenvalue weighted by Gasteiger charge is 2.21. The predicted molar refractivity (Wildman–Crippen MR) is 90.9 cm³/mol. The van der Waals surface area contributed by atoms with Gasteiger partial charge in [0, 0.05) is 33.9 Å². The quantitative estimate of drug-likeness (QED) is 0.791. The molecule has 1 heterocycles. The van der Waals surface area contributed by atoms with Gasteiger partial charge in [-0.15, -0.1) is 0 Å². The molecule has 8 nitrogen and oxygen atoms in total. The molecule has 0 spiro atoms. The van der Waals surface area contributed by atoms with Crippen LogP contribution >= 0.6 is 0 Å². The van der Waals surface area contributed by atoms with Crippen molar-refractivity contribution in [3.8, 4) is 0 Å². The van der Waals surface area contributed by atoms with Gasteiger partial charge in [-0.3, -0.25) is 4.79 Å². The molecule has 0 unspecified atom stereocenters. The predicted octanol–water partition coefficient (Wildman–Crippen LogP) is 0.904. The van der Waals surface area contributed by atoms with Gasteiger partial charge in [-0.1, -0.05) is 12.1 Å². The molecule has 0 bridgehead atoms. The second-order valence-corrected chi connectivity index (χ2v) is 7.47. The maximum atomic E-state index is 12.4. The summed E-state index contributed by atoms with van der Waals surface area (Å²) in [6.07, 6.45) is 1.37. The molecule has 25 heavy (non-hydrogen) atoms.